The quantitative estimate of drug-likeness (QED) is 0.686. The smallest absolute Gasteiger partial charge is 0.412 e. The molecule has 0 aliphatic carbocycles. The minimum absolute atomic E-state index is 0.217. The zero-order valence-corrected chi connectivity index (χ0v) is 14.4. The second-order valence-electron chi connectivity index (χ2n) is 5.24. The number of halogens is 1. The molecule has 1 unspecified atom stereocenters. The lowest BCUT2D eigenvalue weighted by atomic mass is 10.1. The van der Waals surface area contributed by atoms with Gasteiger partial charge in [0, 0.05) is 23.2 Å². The normalized spacial score (nSPS) is 11.9. The van der Waals surface area contributed by atoms with Gasteiger partial charge >= 0.3 is 6.09 Å². The second-order valence-corrected chi connectivity index (χ2v) is 6.15. The second kappa shape index (κ2) is 9.42. The molecule has 0 aromatic heterocycles. The first kappa shape index (κ1) is 18.4. The van der Waals surface area contributed by atoms with Gasteiger partial charge in [0.25, 0.3) is 5.91 Å². The van der Waals surface area contributed by atoms with Crippen LogP contribution in [0.25, 0.3) is 0 Å². The Morgan fingerprint density at radius 3 is 2.45 bits per heavy atom. The van der Waals surface area contributed by atoms with E-state index in [2.05, 4.69) is 26.6 Å². The molecule has 1 rings (SSSR count). The number of hydrogen-bond donors (Lipinski definition) is 3. The molecule has 2 amide bonds. The van der Waals surface area contributed by atoms with E-state index >= 15 is 0 Å². The lowest BCUT2D eigenvalue weighted by molar-refractivity contribution is -0.130. The van der Waals surface area contributed by atoms with Crippen LogP contribution in [0.4, 0.5) is 10.5 Å². The molecule has 0 radical (unpaired) electrons. The number of nitrogens with one attached hydrogen (secondary N) is 2. The van der Waals surface area contributed by atoms with E-state index in [0.29, 0.717) is 25.2 Å². The van der Waals surface area contributed by atoms with E-state index in [9.17, 15) is 9.59 Å². The van der Waals surface area contributed by atoms with Crippen LogP contribution in [-0.4, -0.2) is 31.2 Å². The Morgan fingerprint density at radius 2 is 1.91 bits per heavy atom. The van der Waals surface area contributed by atoms with Crippen molar-refractivity contribution in [2.24, 2.45) is 11.7 Å². The average molecular weight is 372 g/mol. The Balaban J connectivity index is 2.61. The third kappa shape index (κ3) is 6.91. The summed E-state index contributed by atoms with van der Waals surface area (Å²) >= 11 is 3.32. The van der Waals surface area contributed by atoms with Crippen molar-refractivity contribution in [1.82, 2.24) is 5.32 Å². The van der Waals surface area contributed by atoms with Crippen LogP contribution in [0.15, 0.2) is 28.7 Å². The Morgan fingerprint density at radius 1 is 1.27 bits per heavy atom. The first-order chi connectivity index (χ1) is 10.4. The van der Waals surface area contributed by atoms with Crippen molar-refractivity contribution in [3.63, 3.8) is 0 Å². The van der Waals surface area contributed by atoms with E-state index < -0.39 is 12.2 Å². The summed E-state index contributed by atoms with van der Waals surface area (Å²) in [5, 5.41) is 5.24. The molecule has 0 fully saturated rings. The number of anilines is 1. The van der Waals surface area contributed by atoms with Crippen molar-refractivity contribution in [2.75, 3.05) is 18.4 Å². The number of rotatable bonds is 7. The van der Waals surface area contributed by atoms with Gasteiger partial charge in [0.1, 0.15) is 0 Å². The van der Waals surface area contributed by atoms with Gasteiger partial charge in [-0.25, -0.2) is 4.79 Å². The molecular formula is C15H22BrN3O3. The predicted molar refractivity (Wildman–Crippen MR) is 89.6 cm³/mol. The van der Waals surface area contributed by atoms with E-state index in [1.165, 1.54) is 0 Å². The molecule has 1 aromatic rings. The Bertz CT molecular complexity index is 491. The van der Waals surface area contributed by atoms with Gasteiger partial charge < -0.3 is 15.8 Å². The summed E-state index contributed by atoms with van der Waals surface area (Å²) in [5.41, 5.74) is 5.95. The van der Waals surface area contributed by atoms with Gasteiger partial charge in [0.05, 0.1) is 0 Å². The standard InChI is InChI=1S/C15H22BrN3O3/c1-10(2)9-13(14(20)18-8-7-17)22-15(21)19-12-5-3-11(16)4-6-12/h3-6,10,13H,7-9,17H2,1-2H3,(H,18,20)(H,19,21). The molecular weight excluding hydrogens is 350 g/mol. The first-order valence-electron chi connectivity index (χ1n) is 7.13. The minimum Gasteiger partial charge on any atom is -0.436 e. The highest BCUT2D eigenvalue weighted by Gasteiger charge is 2.23. The zero-order valence-electron chi connectivity index (χ0n) is 12.8. The molecule has 6 nitrogen and oxygen atoms in total. The maximum atomic E-state index is 12.0. The lowest BCUT2D eigenvalue weighted by Gasteiger charge is -2.19. The monoisotopic (exact) mass is 371 g/mol. The van der Waals surface area contributed by atoms with Crippen molar-refractivity contribution in [2.45, 2.75) is 26.4 Å². The lowest BCUT2D eigenvalue weighted by Crippen LogP contribution is -2.41. The third-order valence-corrected chi connectivity index (χ3v) is 3.29. The van der Waals surface area contributed by atoms with Gasteiger partial charge in [0.15, 0.2) is 6.10 Å². The molecule has 1 atom stereocenters. The molecule has 0 aliphatic heterocycles. The van der Waals surface area contributed by atoms with Crippen LogP contribution >= 0.6 is 15.9 Å². The molecule has 0 aliphatic rings. The number of carbonyl (C=O) groups excluding carboxylic acids is 2. The molecule has 0 bridgehead atoms. The molecule has 0 spiro atoms. The van der Waals surface area contributed by atoms with Crippen molar-refractivity contribution in [3.05, 3.63) is 28.7 Å². The number of benzene rings is 1. The Hall–Kier alpha value is -1.60. The number of hydrogen-bond acceptors (Lipinski definition) is 4. The van der Waals surface area contributed by atoms with E-state index in [0.717, 1.165) is 4.47 Å². The van der Waals surface area contributed by atoms with Crippen molar-refractivity contribution in [3.8, 4) is 0 Å². The van der Waals surface area contributed by atoms with Crippen LogP contribution in [0.5, 0.6) is 0 Å². The first-order valence-corrected chi connectivity index (χ1v) is 7.92. The minimum atomic E-state index is -0.831. The fraction of sp³-hybridized carbons (Fsp3) is 0.467. The fourth-order valence-corrected chi connectivity index (χ4v) is 2.02. The van der Waals surface area contributed by atoms with E-state index in [1.807, 2.05) is 13.8 Å². The summed E-state index contributed by atoms with van der Waals surface area (Å²) in [5.74, 6) is -0.112. The van der Waals surface area contributed by atoms with Gasteiger partial charge in [-0.15, -0.1) is 0 Å². The fourth-order valence-electron chi connectivity index (χ4n) is 1.76. The maximum Gasteiger partial charge on any atom is 0.412 e. The molecule has 1 aromatic carbocycles. The molecule has 22 heavy (non-hydrogen) atoms. The van der Waals surface area contributed by atoms with Gasteiger partial charge in [0.2, 0.25) is 0 Å². The van der Waals surface area contributed by atoms with Crippen LogP contribution in [0.3, 0.4) is 0 Å². The third-order valence-electron chi connectivity index (χ3n) is 2.76. The molecule has 7 heteroatoms. The molecule has 4 N–H and O–H groups in total. The number of amides is 2. The SMILES string of the molecule is CC(C)CC(OC(=O)Nc1ccc(Br)cc1)C(=O)NCCN. The predicted octanol–water partition coefficient (Wildman–Crippen LogP) is 2.49. The zero-order chi connectivity index (χ0) is 16.5. The molecule has 0 saturated heterocycles. The largest absolute Gasteiger partial charge is 0.436 e. The molecule has 0 saturated carbocycles. The summed E-state index contributed by atoms with van der Waals surface area (Å²) < 4.78 is 6.15. The maximum absolute atomic E-state index is 12.0. The highest BCUT2D eigenvalue weighted by atomic mass is 79.9. The number of ether oxygens (including phenoxy) is 1. The average Bonchev–Trinajstić information content (AvgIpc) is 2.46. The van der Waals surface area contributed by atoms with Crippen molar-refractivity contribution >= 4 is 33.6 Å². The van der Waals surface area contributed by atoms with Crippen molar-refractivity contribution in [1.29, 1.82) is 0 Å². The molecule has 122 valence electrons. The van der Waals surface area contributed by atoms with Crippen LogP contribution < -0.4 is 16.4 Å². The van der Waals surface area contributed by atoms with Crippen LogP contribution in [-0.2, 0) is 9.53 Å². The van der Waals surface area contributed by atoms with E-state index in [4.69, 9.17) is 10.5 Å². The summed E-state index contributed by atoms with van der Waals surface area (Å²) in [7, 11) is 0. The topological polar surface area (TPSA) is 93.4 Å². The highest BCUT2D eigenvalue weighted by Crippen LogP contribution is 2.15. The van der Waals surface area contributed by atoms with Crippen LogP contribution in [0.2, 0.25) is 0 Å². The summed E-state index contributed by atoms with van der Waals surface area (Å²) in [6.07, 6.45) is -1.04. The number of carbonyl (C=O) groups is 2. The van der Waals surface area contributed by atoms with Gasteiger partial charge in [-0.3, -0.25) is 10.1 Å². The van der Waals surface area contributed by atoms with E-state index in [1.54, 1.807) is 24.3 Å². The summed E-state index contributed by atoms with van der Waals surface area (Å²) in [4.78, 5) is 23.9. The van der Waals surface area contributed by atoms with Crippen LogP contribution in [0.1, 0.15) is 20.3 Å². The van der Waals surface area contributed by atoms with E-state index in [-0.39, 0.29) is 11.8 Å². The van der Waals surface area contributed by atoms with Gasteiger partial charge in [-0.2, -0.15) is 0 Å². The van der Waals surface area contributed by atoms with Gasteiger partial charge in [-0.1, -0.05) is 29.8 Å². The number of nitrogens with two attached hydrogens (primary N) is 1. The van der Waals surface area contributed by atoms with Crippen molar-refractivity contribution < 1.29 is 14.3 Å². The Labute approximate surface area is 138 Å². The highest BCUT2D eigenvalue weighted by molar-refractivity contribution is 9.10. The Kier molecular flexibility index (Phi) is 7.90. The van der Waals surface area contributed by atoms with Crippen LogP contribution in [0, 0.1) is 5.92 Å². The summed E-state index contributed by atoms with van der Waals surface area (Å²) in [6, 6.07) is 7.07. The summed E-state index contributed by atoms with van der Waals surface area (Å²) in [6.45, 7) is 4.61. The van der Waals surface area contributed by atoms with Gasteiger partial charge in [-0.05, 0) is 36.6 Å². The molecule has 0 heterocycles.